The molecule has 1 saturated heterocycles. The fourth-order valence-corrected chi connectivity index (χ4v) is 3.34. The summed E-state index contributed by atoms with van der Waals surface area (Å²) >= 11 is 11.5. The molecule has 1 aliphatic heterocycles. The first-order valence-corrected chi connectivity index (χ1v) is 9.28. The molecule has 0 aliphatic carbocycles. The summed E-state index contributed by atoms with van der Waals surface area (Å²) in [5, 5.41) is 8.03. The van der Waals surface area contributed by atoms with Crippen molar-refractivity contribution in [2.24, 2.45) is 0 Å². The van der Waals surface area contributed by atoms with Gasteiger partial charge in [-0.05, 0) is 42.0 Å². The lowest BCUT2D eigenvalue weighted by Gasteiger charge is -2.29. The predicted molar refractivity (Wildman–Crippen MR) is 106 cm³/mol. The Bertz CT molecular complexity index is 675. The third kappa shape index (κ3) is 5.68. The highest BCUT2D eigenvalue weighted by molar-refractivity contribution is 7.80. The molecule has 1 atom stereocenters. The first-order valence-electron chi connectivity index (χ1n) is 8.50. The molecule has 0 aromatic heterocycles. The fourth-order valence-electron chi connectivity index (χ4n) is 2.95. The Balaban J connectivity index is 1.65. The smallest absolute Gasteiger partial charge is 0.171 e. The summed E-state index contributed by atoms with van der Waals surface area (Å²) in [5.41, 5.74) is 2.16. The van der Waals surface area contributed by atoms with Crippen molar-refractivity contribution in [2.75, 3.05) is 38.2 Å². The van der Waals surface area contributed by atoms with E-state index in [4.69, 9.17) is 28.6 Å². The van der Waals surface area contributed by atoms with Crippen LogP contribution in [0.5, 0.6) is 0 Å². The molecule has 0 spiro atoms. The minimum Gasteiger partial charge on any atom is -0.370 e. The molecule has 0 amide bonds. The molecule has 1 aliphatic rings. The molecule has 1 heterocycles. The van der Waals surface area contributed by atoms with Gasteiger partial charge in [-0.3, -0.25) is 0 Å². The normalized spacial score (nSPS) is 16.2. The van der Waals surface area contributed by atoms with E-state index in [2.05, 4.69) is 34.9 Å². The fraction of sp³-hybridized carbons (Fsp3) is 0.316. The van der Waals surface area contributed by atoms with Gasteiger partial charge in [0.25, 0.3) is 0 Å². The van der Waals surface area contributed by atoms with Crippen LogP contribution in [-0.4, -0.2) is 38.0 Å². The van der Waals surface area contributed by atoms with Gasteiger partial charge in [0.1, 0.15) is 25.7 Å². The van der Waals surface area contributed by atoms with Crippen LogP contribution in [0.25, 0.3) is 0 Å². The second-order valence-corrected chi connectivity index (χ2v) is 6.98. The molecule has 2 aromatic rings. The summed E-state index contributed by atoms with van der Waals surface area (Å²) in [5.74, 6) is 0. The first-order chi connectivity index (χ1) is 12.2. The van der Waals surface area contributed by atoms with Crippen molar-refractivity contribution in [1.29, 1.82) is 0 Å². The average Bonchev–Trinajstić information content (AvgIpc) is 2.65. The molecular formula is C19H23ClN3OS+. The molecule has 0 saturated carbocycles. The Morgan fingerprint density at radius 1 is 1.08 bits per heavy atom. The maximum absolute atomic E-state index is 5.93. The van der Waals surface area contributed by atoms with Gasteiger partial charge in [-0.1, -0.05) is 41.9 Å². The van der Waals surface area contributed by atoms with Gasteiger partial charge in [-0.25, -0.2) is 0 Å². The van der Waals surface area contributed by atoms with E-state index >= 15 is 0 Å². The first kappa shape index (κ1) is 18.1. The van der Waals surface area contributed by atoms with E-state index in [1.165, 1.54) is 10.5 Å². The lowest BCUT2D eigenvalue weighted by molar-refractivity contribution is -0.909. The summed E-state index contributed by atoms with van der Waals surface area (Å²) < 4.78 is 5.47. The van der Waals surface area contributed by atoms with E-state index in [9.17, 15) is 0 Å². The Labute approximate surface area is 159 Å². The Morgan fingerprint density at radius 2 is 1.76 bits per heavy atom. The van der Waals surface area contributed by atoms with Crippen molar-refractivity contribution >= 4 is 34.6 Å². The molecule has 3 rings (SSSR count). The van der Waals surface area contributed by atoms with Crippen molar-refractivity contribution in [1.82, 2.24) is 5.32 Å². The maximum Gasteiger partial charge on any atom is 0.171 e. The zero-order chi connectivity index (χ0) is 17.5. The van der Waals surface area contributed by atoms with Gasteiger partial charge >= 0.3 is 0 Å². The zero-order valence-electron chi connectivity index (χ0n) is 14.0. The number of hydrogen-bond acceptors (Lipinski definition) is 2. The molecule has 2 aromatic carbocycles. The SMILES string of the molecule is S=C(Nc1ccc(Cl)cc1)N[C@@H](C[NH+]1CCOCC1)c1ccccc1. The quantitative estimate of drug-likeness (QED) is 0.700. The summed E-state index contributed by atoms with van der Waals surface area (Å²) in [7, 11) is 0. The standard InChI is InChI=1S/C19H22ClN3OS/c20-16-6-8-17(9-7-16)21-19(25)22-18(15-4-2-1-3-5-15)14-23-10-12-24-13-11-23/h1-9,18H,10-14H2,(H2,21,22,25)/p+1/t18-/m0/s1. The highest BCUT2D eigenvalue weighted by Gasteiger charge is 2.22. The van der Waals surface area contributed by atoms with Crippen LogP contribution >= 0.6 is 23.8 Å². The Hall–Kier alpha value is -1.66. The lowest BCUT2D eigenvalue weighted by atomic mass is 10.1. The molecule has 0 unspecified atom stereocenters. The second kappa shape index (κ2) is 9.15. The zero-order valence-corrected chi connectivity index (χ0v) is 15.6. The number of quaternary nitrogens is 1. The minimum absolute atomic E-state index is 0.154. The Kier molecular flexibility index (Phi) is 6.64. The monoisotopic (exact) mass is 376 g/mol. The predicted octanol–water partition coefficient (Wildman–Crippen LogP) is 2.28. The van der Waals surface area contributed by atoms with Crippen LogP contribution in [-0.2, 0) is 4.74 Å². The van der Waals surface area contributed by atoms with Crippen LogP contribution in [0.3, 0.4) is 0 Å². The van der Waals surface area contributed by atoms with E-state index in [1.54, 1.807) is 0 Å². The largest absolute Gasteiger partial charge is 0.370 e. The van der Waals surface area contributed by atoms with Gasteiger partial charge in [0.2, 0.25) is 0 Å². The Morgan fingerprint density at radius 3 is 2.44 bits per heavy atom. The number of morpholine rings is 1. The average molecular weight is 377 g/mol. The van der Waals surface area contributed by atoms with Crippen molar-refractivity contribution in [3.8, 4) is 0 Å². The van der Waals surface area contributed by atoms with Crippen molar-refractivity contribution in [2.45, 2.75) is 6.04 Å². The number of thiocarbonyl (C=S) groups is 1. The van der Waals surface area contributed by atoms with E-state index in [-0.39, 0.29) is 6.04 Å². The molecule has 0 bridgehead atoms. The number of benzene rings is 2. The molecule has 132 valence electrons. The van der Waals surface area contributed by atoms with E-state index in [0.29, 0.717) is 10.1 Å². The number of anilines is 1. The van der Waals surface area contributed by atoms with Gasteiger partial charge in [-0.15, -0.1) is 0 Å². The van der Waals surface area contributed by atoms with Crippen molar-refractivity contribution in [3.63, 3.8) is 0 Å². The molecule has 1 fully saturated rings. The highest BCUT2D eigenvalue weighted by Crippen LogP contribution is 2.15. The van der Waals surface area contributed by atoms with Crippen molar-refractivity contribution in [3.05, 3.63) is 65.2 Å². The van der Waals surface area contributed by atoms with E-state index in [1.807, 2.05) is 30.3 Å². The third-order valence-corrected chi connectivity index (χ3v) is 4.77. The van der Waals surface area contributed by atoms with E-state index < -0.39 is 0 Å². The molecule has 0 radical (unpaired) electrons. The minimum atomic E-state index is 0.154. The highest BCUT2D eigenvalue weighted by atomic mass is 35.5. The summed E-state index contributed by atoms with van der Waals surface area (Å²) in [4.78, 5) is 1.53. The second-order valence-electron chi connectivity index (χ2n) is 6.14. The maximum atomic E-state index is 5.93. The molecule has 25 heavy (non-hydrogen) atoms. The van der Waals surface area contributed by atoms with Gasteiger partial charge in [0.15, 0.2) is 5.11 Å². The van der Waals surface area contributed by atoms with Gasteiger partial charge in [-0.2, -0.15) is 0 Å². The van der Waals surface area contributed by atoms with Gasteiger partial charge in [0.05, 0.1) is 13.2 Å². The van der Waals surface area contributed by atoms with Crippen LogP contribution in [0.2, 0.25) is 5.02 Å². The summed E-state index contributed by atoms with van der Waals surface area (Å²) in [6, 6.07) is 18.1. The van der Waals surface area contributed by atoms with Crippen LogP contribution in [0.1, 0.15) is 11.6 Å². The lowest BCUT2D eigenvalue weighted by Crippen LogP contribution is -3.14. The van der Waals surface area contributed by atoms with Crippen LogP contribution < -0.4 is 15.5 Å². The molecule has 3 N–H and O–H groups in total. The summed E-state index contributed by atoms with van der Waals surface area (Å²) in [6.45, 7) is 4.68. The number of nitrogens with one attached hydrogen (secondary N) is 3. The van der Waals surface area contributed by atoms with Crippen LogP contribution in [0.4, 0.5) is 5.69 Å². The number of ether oxygens (including phenoxy) is 1. The topological polar surface area (TPSA) is 37.7 Å². The number of hydrogen-bond donors (Lipinski definition) is 3. The number of halogens is 1. The van der Waals surface area contributed by atoms with Crippen molar-refractivity contribution < 1.29 is 9.64 Å². The molecule has 4 nitrogen and oxygen atoms in total. The van der Waals surface area contributed by atoms with Crippen LogP contribution in [0.15, 0.2) is 54.6 Å². The van der Waals surface area contributed by atoms with Gasteiger partial charge in [0, 0.05) is 10.7 Å². The molecule has 6 heteroatoms. The number of rotatable bonds is 5. The third-order valence-electron chi connectivity index (χ3n) is 4.30. The van der Waals surface area contributed by atoms with Gasteiger partial charge < -0.3 is 20.3 Å². The molecular weight excluding hydrogens is 354 g/mol. The van der Waals surface area contributed by atoms with Crippen LogP contribution in [0, 0.1) is 0 Å². The van der Waals surface area contributed by atoms with E-state index in [0.717, 1.165) is 38.5 Å². The summed E-state index contributed by atoms with van der Waals surface area (Å²) in [6.07, 6.45) is 0.